The van der Waals surface area contributed by atoms with E-state index in [2.05, 4.69) is 5.32 Å². The van der Waals surface area contributed by atoms with Gasteiger partial charge in [0.15, 0.2) is 0 Å². The third-order valence-corrected chi connectivity index (χ3v) is 6.93. The van der Waals surface area contributed by atoms with Crippen LogP contribution in [0.1, 0.15) is 48.0 Å². The highest BCUT2D eigenvalue weighted by Crippen LogP contribution is 2.30. The number of nitro groups is 1. The molecule has 1 heterocycles. The van der Waals surface area contributed by atoms with Crippen LogP contribution < -0.4 is 16.0 Å². The van der Waals surface area contributed by atoms with Crippen molar-refractivity contribution < 1.29 is 14.5 Å². The van der Waals surface area contributed by atoms with Crippen molar-refractivity contribution in [1.82, 2.24) is 10.2 Å². The molecule has 2 amide bonds. The molecule has 0 aromatic heterocycles. The maximum absolute atomic E-state index is 12.8. The molecule has 2 aliphatic rings. The molecule has 1 saturated carbocycles. The number of anilines is 1. The highest BCUT2D eigenvalue weighted by Gasteiger charge is 2.26. The van der Waals surface area contributed by atoms with Gasteiger partial charge in [0.25, 0.3) is 11.6 Å². The van der Waals surface area contributed by atoms with Gasteiger partial charge in [-0.05, 0) is 49.8 Å². The van der Waals surface area contributed by atoms with Crippen LogP contribution in [0, 0.1) is 10.1 Å². The molecule has 0 atom stereocenters. The number of carbonyl (C=O) groups excluding carboxylic acids is 2. The van der Waals surface area contributed by atoms with Gasteiger partial charge in [-0.1, -0.05) is 30.3 Å². The van der Waals surface area contributed by atoms with Crippen LogP contribution in [0.25, 0.3) is 0 Å². The number of rotatable bonds is 6. The van der Waals surface area contributed by atoms with Crippen molar-refractivity contribution in [2.75, 3.05) is 31.1 Å². The average molecular weight is 480 g/mol. The maximum Gasteiger partial charge on any atom is 0.293 e. The van der Waals surface area contributed by atoms with Gasteiger partial charge in [-0.25, -0.2) is 0 Å². The second kappa shape index (κ2) is 11.3. The Hall–Kier alpha value is -3.46. The van der Waals surface area contributed by atoms with E-state index in [1.165, 1.54) is 6.07 Å². The molecule has 1 aliphatic carbocycles. The Morgan fingerprint density at radius 3 is 2.46 bits per heavy atom. The summed E-state index contributed by atoms with van der Waals surface area (Å²) in [5.41, 5.74) is 7.58. The van der Waals surface area contributed by atoms with Crippen LogP contribution >= 0.6 is 0 Å². The van der Waals surface area contributed by atoms with Gasteiger partial charge in [0.05, 0.1) is 11.3 Å². The summed E-state index contributed by atoms with van der Waals surface area (Å²) in [7, 11) is 0. The minimum Gasteiger partial charge on any atom is -0.364 e. The number of nitro benzene ring substituents is 1. The van der Waals surface area contributed by atoms with Crippen LogP contribution in [-0.4, -0.2) is 59.9 Å². The lowest BCUT2D eigenvalue weighted by atomic mass is 9.91. The van der Waals surface area contributed by atoms with Crippen molar-refractivity contribution in [3.63, 3.8) is 0 Å². The van der Waals surface area contributed by atoms with E-state index < -0.39 is 4.92 Å². The summed E-state index contributed by atoms with van der Waals surface area (Å²) in [6, 6.07) is 14.5. The van der Waals surface area contributed by atoms with E-state index in [9.17, 15) is 19.7 Å². The minimum absolute atomic E-state index is 0.0473. The second-order valence-electron chi connectivity index (χ2n) is 9.43. The highest BCUT2D eigenvalue weighted by atomic mass is 16.6. The Balaban J connectivity index is 1.42. The fourth-order valence-corrected chi connectivity index (χ4v) is 4.90. The molecular formula is C26H33N5O4. The first-order valence-corrected chi connectivity index (χ1v) is 12.3. The smallest absolute Gasteiger partial charge is 0.293 e. The topological polar surface area (TPSA) is 122 Å². The molecule has 0 unspecified atom stereocenters. The average Bonchev–Trinajstić information content (AvgIpc) is 3.12. The SMILES string of the molecule is NC1CCC(NC(=O)c2ccc(N3CCCN(C(=O)Cc4ccccc4)CC3)c([N+](=O)[O-])c2)CC1. The molecule has 9 heteroatoms. The van der Waals surface area contributed by atoms with E-state index in [4.69, 9.17) is 5.73 Å². The van der Waals surface area contributed by atoms with Gasteiger partial charge < -0.3 is 20.9 Å². The summed E-state index contributed by atoms with van der Waals surface area (Å²) < 4.78 is 0. The van der Waals surface area contributed by atoms with Gasteiger partial charge in [0.2, 0.25) is 5.91 Å². The van der Waals surface area contributed by atoms with Crippen LogP contribution in [-0.2, 0) is 11.2 Å². The lowest BCUT2D eigenvalue weighted by Crippen LogP contribution is -2.40. The fraction of sp³-hybridized carbons (Fsp3) is 0.462. The maximum atomic E-state index is 12.8. The zero-order valence-electron chi connectivity index (χ0n) is 19.9. The van der Waals surface area contributed by atoms with E-state index in [0.29, 0.717) is 44.7 Å². The van der Waals surface area contributed by atoms with E-state index in [-0.39, 0.29) is 35.1 Å². The van der Waals surface area contributed by atoms with Crippen molar-refractivity contribution in [2.24, 2.45) is 5.73 Å². The molecular weight excluding hydrogens is 446 g/mol. The number of carbonyl (C=O) groups is 2. The fourth-order valence-electron chi connectivity index (χ4n) is 4.90. The van der Waals surface area contributed by atoms with Crippen molar-refractivity contribution in [2.45, 2.75) is 50.6 Å². The molecule has 1 saturated heterocycles. The number of hydrogen-bond acceptors (Lipinski definition) is 6. The first-order valence-electron chi connectivity index (χ1n) is 12.3. The molecule has 4 rings (SSSR count). The molecule has 2 fully saturated rings. The molecule has 186 valence electrons. The summed E-state index contributed by atoms with van der Waals surface area (Å²) in [5, 5.41) is 14.9. The molecule has 0 bridgehead atoms. The Labute approximate surface area is 205 Å². The monoisotopic (exact) mass is 479 g/mol. The normalized spacial score (nSPS) is 20.7. The lowest BCUT2D eigenvalue weighted by Gasteiger charge is -2.27. The number of nitrogens with zero attached hydrogens (tertiary/aromatic N) is 3. The molecule has 9 nitrogen and oxygen atoms in total. The van der Waals surface area contributed by atoms with E-state index >= 15 is 0 Å². The van der Waals surface area contributed by atoms with E-state index in [1.54, 1.807) is 12.1 Å². The quantitative estimate of drug-likeness (QED) is 0.485. The number of amides is 2. The molecule has 0 radical (unpaired) electrons. The zero-order chi connectivity index (χ0) is 24.8. The van der Waals surface area contributed by atoms with Crippen LogP contribution in [0.5, 0.6) is 0 Å². The minimum atomic E-state index is -0.436. The standard InChI is InChI=1S/C26H33N5O4/c27-21-8-10-22(11-9-21)28-26(33)20-7-12-23(24(18-20)31(34)35)29-13-4-14-30(16-15-29)25(32)17-19-5-2-1-3-6-19/h1-3,5-7,12,18,21-22H,4,8-11,13-17,27H2,(H,28,33). The third kappa shape index (κ3) is 6.36. The summed E-state index contributed by atoms with van der Waals surface area (Å²) in [6.07, 6.45) is 4.43. The Bertz CT molecular complexity index is 1050. The van der Waals surface area contributed by atoms with Gasteiger partial charge in [0, 0.05) is 49.9 Å². The first kappa shape index (κ1) is 24.7. The van der Waals surface area contributed by atoms with Crippen LogP contribution in [0.15, 0.2) is 48.5 Å². The first-order chi connectivity index (χ1) is 16.9. The Kier molecular flexibility index (Phi) is 7.97. The summed E-state index contributed by atoms with van der Waals surface area (Å²) in [5.74, 6) is -0.239. The predicted octanol–water partition coefficient (Wildman–Crippen LogP) is 2.88. The zero-order valence-corrected chi connectivity index (χ0v) is 19.9. The van der Waals surface area contributed by atoms with Crippen molar-refractivity contribution in [3.05, 3.63) is 69.8 Å². The third-order valence-electron chi connectivity index (χ3n) is 6.93. The number of nitrogens with one attached hydrogen (secondary N) is 1. The van der Waals surface area contributed by atoms with Gasteiger partial charge in [-0.2, -0.15) is 0 Å². The van der Waals surface area contributed by atoms with Gasteiger partial charge in [-0.3, -0.25) is 19.7 Å². The van der Waals surface area contributed by atoms with E-state index in [1.807, 2.05) is 40.1 Å². The van der Waals surface area contributed by atoms with Crippen molar-refractivity contribution in [1.29, 1.82) is 0 Å². The van der Waals surface area contributed by atoms with Gasteiger partial charge in [0.1, 0.15) is 5.69 Å². The Morgan fingerprint density at radius 1 is 1.00 bits per heavy atom. The van der Waals surface area contributed by atoms with Crippen LogP contribution in [0.2, 0.25) is 0 Å². The van der Waals surface area contributed by atoms with Crippen LogP contribution in [0.3, 0.4) is 0 Å². The molecule has 2 aromatic carbocycles. The summed E-state index contributed by atoms with van der Waals surface area (Å²) in [6.45, 7) is 2.20. The lowest BCUT2D eigenvalue weighted by molar-refractivity contribution is -0.384. The summed E-state index contributed by atoms with van der Waals surface area (Å²) in [4.78, 5) is 40.8. The number of hydrogen-bond donors (Lipinski definition) is 2. The van der Waals surface area contributed by atoms with E-state index in [0.717, 1.165) is 31.2 Å². The van der Waals surface area contributed by atoms with Crippen molar-refractivity contribution in [3.8, 4) is 0 Å². The number of nitrogens with two attached hydrogens (primary N) is 1. The summed E-state index contributed by atoms with van der Waals surface area (Å²) >= 11 is 0. The second-order valence-corrected chi connectivity index (χ2v) is 9.43. The predicted molar refractivity (Wildman–Crippen MR) is 134 cm³/mol. The molecule has 3 N–H and O–H groups in total. The molecule has 1 aliphatic heterocycles. The largest absolute Gasteiger partial charge is 0.364 e. The van der Waals surface area contributed by atoms with Gasteiger partial charge in [-0.15, -0.1) is 0 Å². The molecule has 35 heavy (non-hydrogen) atoms. The number of benzene rings is 2. The van der Waals surface area contributed by atoms with Crippen molar-refractivity contribution >= 4 is 23.2 Å². The Morgan fingerprint density at radius 2 is 1.74 bits per heavy atom. The highest BCUT2D eigenvalue weighted by molar-refractivity contribution is 5.96. The van der Waals surface area contributed by atoms with Gasteiger partial charge >= 0.3 is 0 Å². The molecule has 2 aromatic rings. The molecule has 0 spiro atoms. The van der Waals surface area contributed by atoms with Crippen LogP contribution in [0.4, 0.5) is 11.4 Å².